The molecular weight excluding hydrogens is 284 g/mol. The Labute approximate surface area is 138 Å². The maximum absolute atomic E-state index is 12.1. The Morgan fingerprint density at radius 3 is 2.13 bits per heavy atom. The number of nitrogens with zero attached hydrogens (tertiary/aromatic N) is 1. The lowest BCUT2D eigenvalue weighted by Crippen LogP contribution is -2.08. The highest BCUT2D eigenvalue weighted by Crippen LogP contribution is 2.16. The summed E-state index contributed by atoms with van der Waals surface area (Å²) < 4.78 is 0. The highest BCUT2D eigenvalue weighted by Gasteiger charge is 2.03. The van der Waals surface area contributed by atoms with E-state index >= 15 is 0 Å². The van der Waals surface area contributed by atoms with Gasteiger partial charge in [0.1, 0.15) is 0 Å². The van der Waals surface area contributed by atoms with Crippen LogP contribution < -0.4 is 10.2 Å². The molecule has 2 rings (SSSR count). The van der Waals surface area contributed by atoms with Crippen LogP contribution in [0.3, 0.4) is 0 Å². The first-order valence-electron chi connectivity index (χ1n) is 7.82. The third kappa shape index (κ3) is 4.71. The number of ketones is 1. The van der Waals surface area contributed by atoms with E-state index in [-0.39, 0.29) is 5.78 Å². The van der Waals surface area contributed by atoms with E-state index in [4.69, 9.17) is 0 Å². The lowest BCUT2D eigenvalue weighted by Gasteiger charge is -2.12. The van der Waals surface area contributed by atoms with Crippen LogP contribution in [0.25, 0.3) is 0 Å². The van der Waals surface area contributed by atoms with Crippen LogP contribution in [-0.4, -0.2) is 19.9 Å². The Kier molecular flexibility index (Phi) is 5.58. The van der Waals surface area contributed by atoms with E-state index in [1.165, 1.54) is 5.56 Å². The molecule has 2 aromatic carbocycles. The second-order valence-corrected chi connectivity index (χ2v) is 6.06. The number of allylic oxidation sites excluding steroid dienone is 1. The summed E-state index contributed by atoms with van der Waals surface area (Å²) in [5.74, 6) is 0.471. The number of rotatable bonds is 6. The summed E-state index contributed by atoms with van der Waals surface area (Å²) in [6, 6.07) is 15.8. The molecule has 0 amide bonds. The molecule has 1 N–H and O–H groups in total. The lowest BCUT2D eigenvalue weighted by molar-refractivity contribution is 0.104. The maximum atomic E-state index is 12.1. The molecule has 0 aliphatic rings. The quantitative estimate of drug-likeness (QED) is 0.621. The fourth-order valence-electron chi connectivity index (χ4n) is 2.20. The van der Waals surface area contributed by atoms with E-state index < -0.39 is 0 Å². The Balaban J connectivity index is 1.95. The number of hydrogen-bond donors (Lipinski definition) is 1. The van der Waals surface area contributed by atoms with Crippen LogP contribution in [-0.2, 0) is 0 Å². The van der Waals surface area contributed by atoms with Gasteiger partial charge in [0, 0.05) is 43.3 Å². The molecule has 0 saturated carbocycles. The summed E-state index contributed by atoms with van der Waals surface area (Å²) in [5.41, 5.74) is 4.04. The molecule has 0 aliphatic carbocycles. The molecule has 0 fully saturated rings. The number of nitrogens with one attached hydrogen (secondary N) is 1. The first kappa shape index (κ1) is 16.8. The molecule has 3 heteroatoms. The molecule has 0 atom stereocenters. The topological polar surface area (TPSA) is 32.3 Å². The van der Waals surface area contributed by atoms with Gasteiger partial charge < -0.3 is 10.2 Å². The van der Waals surface area contributed by atoms with E-state index in [9.17, 15) is 4.79 Å². The molecule has 2 aromatic rings. The van der Waals surface area contributed by atoms with Gasteiger partial charge in [-0.2, -0.15) is 0 Å². The Morgan fingerprint density at radius 2 is 1.61 bits per heavy atom. The normalized spacial score (nSPS) is 11.0. The minimum Gasteiger partial charge on any atom is -0.378 e. The van der Waals surface area contributed by atoms with Gasteiger partial charge in [-0.1, -0.05) is 38.1 Å². The number of benzene rings is 2. The first-order chi connectivity index (χ1) is 11.0. The van der Waals surface area contributed by atoms with Crippen molar-refractivity contribution < 1.29 is 4.79 Å². The molecule has 0 aliphatic heterocycles. The van der Waals surface area contributed by atoms with Gasteiger partial charge in [0.15, 0.2) is 5.78 Å². The molecule has 0 saturated heterocycles. The minimum absolute atomic E-state index is 0.00211. The van der Waals surface area contributed by atoms with Gasteiger partial charge in [-0.15, -0.1) is 0 Å². The van der Waals surface area contributed by atoms with Crippen LogP contribution in [0.1, 0.15) is 35.7 Å². The zero-order valence-corrected chi connectivity index (χ0v) is 14.2. The van der Waals surface area contributed by atoms with Gasteiger partial charge in [-0.25, -0.2) is 0 Å². The van der Waals surface area contributed by atoms with Crippen molar-refractivity contribution in [3.05, 3.63) is 71.9 Å². The number of carbonyl (C=O) groups is 1. The van der Waals surface area contributed by atoms with Crippen LogP contribution in [0.4, 0.5) is 11.4 Å². The molecule has 120 valence electrons. The number of carbonyl (C=O) groups excluding carboxylic acids is 1. The van der Waals surface area contributed by atoms with Crippen molar-refractivity contribution >= 4 is 17.2 Å². The second-order valence-electron chi connectivity index (χ2n) is 6.06. The van der Waals surface area contributed by atoms with Crippen molar-refractivity contribution in [2.24, 2.45) is 0 Å². The second kappa shape index (κ2) is 7.63. The molecule has 0 spiro atoms. The lowest BCUT2D eigenvalue weighted by atomic mass is 10.0. The van der Waals surface area contributed by atoms with Gasteiger partial charge in [0.05, 0.1) is 0 Å². The number of hydrogen-bond acceptors (Lipinski definition) is 3. The third-order valence-corrected chi connectivity index (χ3v) is 3.73. The predicted molar refractivity (Wildman–Crippen MR) is 98.4 cm³/mol. The van der Waals surface area contributed by atoms with Crippen LogP contribution in [0.5, 0.6) is 0 Å². The van der Waals surface area contributed by atoms with Crippen LogP contribution in [0, 0.1) is 0 Å². The van der Waals surface area contributed by atoms with E-state index in [0.717, 1.165) is 11.4 Å². The monoisotopic (exact) mass is 308 g/mol. The summed E-state index contributed by atoms with van der Waals surface area (Å²) in [4.78, 5) is 14.2. The standard InChI is InChI=1S/C20H24N2O/c1-15(2)16-5-7-17(8-6-16)20(23)13-14-21-18-9-11-19(12-10-18)22(3)4/h5-15,21H,1-4H3. The Morgan fingerprint density at radius 1 is 1.00 bits per heavy atom. The first-order valence-corrected chi connectivity index (χ1v) is 7.82. The third-order valence-electron chi connectivity index (χ3n) is 3.73. The number of anilines is 2. The molecule has 0 heterocycles. The molecule has 0 radical (unpaired) electrons. The zero-order valence-electron chi connectivity index (χ0n) is 14.2. The van der Waals surface area contributed by atoms with E-state index in [2.05, 4.69) is 19.2 Å². The van der Waals surface area contributed by atoms with Gasteiger partial charge in [0.2, 0.25) is 0 Å². The van der Waals surface area contributed by atoms with Crippen LogP contribution >= 0.6 is 0 Å². The largest absolute Gasteiger partial charge is 0.378 e. The van der Waals surface area contributed by atoms with Gasteiger partial charge in [0.25, 0.3) is 0 Å². The fourth-order valence-corrected chi connectivity index (χ4v) is 2.20. The van der Waals surface area contributed by atoms with Gasteiger partial charge in [-0.3, -0.25) is 4.79 Å². The van der Waals surface area contributed by atoms with Gasteiger partial charge >= 0.3 is 0 Å². The zero-order chi connectivity index (χ0) is 16.8. The highest BCUT2D eigenvalue weighted by atomic mass is 16.1. The van der Waals surface area contributed by atoms with Crippen molar-refractivity contribution in [2.75, 3.05) is 24.3 Å². The molecule has 3 nitrogen and oxygen atoms in total. The van der Waals surface area contributed by atoms with Crippen molar-refractivity contribution in [2.45, 2.75) is 19.8 Å². The average Bonchev–Trinajstić information content (AvgIpc) is 2.55. The maximum Gasteiger partial charge on any atom is 0.187 e. The van der Waals surface area contributed by atoms with E-state index in [1.54, 1.807) is 12.3 Å². The average molecular weight is 308 g/mol. The van der Waals surface area contributed by atoms with Crippen molar-refractivity contribution in [3.63, 3.8) is 0 Å². The van der Waals surface area contributed by atoms with Crippen LogP contribution in [0.2, 0.25) is 0 Å². The predicted octanol–water partition coefficient (Wildman–Crippen LogP) is 4.68. The molecule has 0 aromatic heterocycles. The summed E-state index contributed by atoms with van der Waals surface area (Å²) in [7, 11) is 4.01. The summed E-state index contributed by atoms with van der Waals surface area (Å²) in [6.07, 6.45) is 3.24. The van der Waals surface area contributed by atoms with Crippen LogP contribution in [0.15, 0.2) is 60.8 Å². The molecule has 23 heavy (non-hydrogen) atoms. The Hall–Kier alpha value is -2.55. The van der Waals surface area contributed by atoms with Crippen molar-refractivity contribution in [1.82, 2.24) is 0 Å². The summed E-state index contributed by atoms with van der Waals surface area (Å²) in [6.45, 7) is 4.28. The van der Waals surface area contributed by atoms with Crippen molar-refractivity contribution in [1.29, 1.82) is 0 Å². The fraction of sp³-hybridized carbons (Fsp3) is 0.250. The molecule has 0 unspecified atom stereocenters. The van der Waals surface area contributed by atoms with E-state index in [1.807, 2.05) is 67.5 Å². The van der Waals surface area contributed by atoms with Gasteiger partial charge in [-0.05, 0) is 35.7 Å². The smallest absolute Gasteiger partial charge is 0.187 e. The Bertz CT molecular complexity index is 668. The minimum atomic E-state index is -0.00211. The van der Waals surface area contributed by atoms with E-state index in [0.29, 0.717) is 11.5 Å². The SMILES string of the molecule is CC(C)c1ccc(C(=O)C=CNc2ccc(N(C)C)cc2)cc1. The van der Waals surface area contributed by atoms with Crippen molar-refractivity contribution in [3.8, 4) is 0 Å². The summed E-state index contributed by atoms with van der Waals surface area (Å²) in [5, 5.41) is 3.12. The summed E-state index contributed by atoms with van der Waals surface area (Å²) >= 11 is 0. The molecular formula is C20H24N2O. The molecule has 0 bridgehead atoms. The highest BCUT2D eigenvalue weighted by molar-refractivity contribution is 6.04.